The van der Waals surface area contributed by atoms with E-state index in [1.54, 1.807) is 0 Å². The first kappa shape index (κ1) is 11.9. The quantitative estimate of drug-likeness (QED) is 0.803. The van der Waals surface area contributed by atoms with Gasteiger partial charge in [-0.3, -0.25) is 0 Å². The lowest BCUT2D eigenvalue weighted by Crippen LogP contribution is -2.34. The number of rotatable bonds is 4. The Balaban J connectivity index is 2.36. The van der Waals surface area contributed by atoms with Crippen molar-refractivity contribution in [1.82, 2.24) is 5.32 Å². The number of hydrogen-bond acceptors (Lipinski definition) is 2. The van der Waals surface area contributed by atoms with Crippen LogP contribution in [0.3, 0.4) is 0 Å². The maximum atomic E-state index is 11.0. The Morgan fingerprint density at radius 2 is 2.13 bits per heavy atom. The van der Waals surface area contributed by atoms with Crippen molar-refractivity contribution in [2.24, 2.45) is 0 Å². The first-order valence-electron chi connectivity index (χ1n) is 4.75. The van der Waals surface area contributed by atoms with Crippen molar-refractivity contribution in [1.29, 1.82) is 0 Å². The molecule has 1 aromatic rings. The Morgan fingerprint density at radius 3 is 2.73 bits per heavy atom. The fourth-order valence-corrected chi connectivity index (χ4v) is 1.41. The Labute approximate surface area is 94.4 Å². The normalized spacial score (nSPS) is 11.9. The van der Waals surface area contributed by atoms with E-state index in [1.807, 2.05) is 37.3 Å². The van der Waals surface area contributed by atoms with Crippen LogP contribution < -0.4 is 5.32 Å². The lowest BCUT2D eigenvalue weighted by Gasteiger charge is -2.12. The number of alkyl carbamates (subject to hydrolysis) is 1. The summed E-state index contributed by atoms with van der Waals surface area (Å²) < 4.78 is 4.57. The van der Waals surface area contributed by atoms with E-state index in [9.17, 15) is 4.79 Å². The van der Waals surface area contributed by atoms with E-state index < -0.39 is 6.09 Å². The number of halogens is 1. The monoisotopic (exact) mass is 227 g/mol. The fourth-order valence-electron chi connectivity index (χ4n) is 1.31. The molecule has 0 saturated heterocycles. The molecule has 0 spiro atoms. The van der Waals surface area contributed by atoms with Gasteiger partial charge in [-0.15, -0.1) is 0 Å². The lowest BCUT2D eigenvalue weighted by atomic mass is 10.1. The highest BCUT2D eigenvalue weighted by molar-refractivity contribution is 6.17. The molecule has 1 N–H and O–H groups in total. The van der Waals surface area contributed by atoms with Gasteiger partial charge in [0.1, 0.15) is 0 Å². The Bertz CT molecular complexity index is 303. The summed E-state index contributed by atoms with van der Waals surface area (Å²) in [7, 11) is 0. The van der Waals surface area contributed by atoms with Crippen LogP contribution in [0, 0.1) is 0 Å². The number of benzene rings is 1. The van der Waals surface area contributed by atoms with Gasteiger partial charge in [-0.2, -0.15) is 0 Å². The van der Waals surface area contributed by atoms with E-state index in [4.69, 9.17) is 11.6 Å². The third-order valence-corrected chi connectivity index (χ3v) is 2.04. The number of alkyl halides is 1. The molecule has 4 heteroatoms. The highest BCUT2D eigenvalue weighted by Crippen LogP contribution is 2.02. The van der Waals surface area contributed by atoms with Crippen molar-refractivity contribution in [3.8, 4) is 0 Å². The fraction of sp³-hybridized carbons (Fsp3) is 0.364. The van der Waals surface area contributed by atoms with Gasteiger partial charge in [-0.25, -0.2) is 4.79 Å². The maximum Gasteiger partial charge on any atom is 0.408 e. The Kier molecular flexibility index (Phi) is 4.98. The smallest absolute Gasteiger partial charge is 0.408 e. The Hall–Kier alpha value is -1.22. The summed E-state index contributed by atoms with van der Waals surface area (Å²) in [5.41, 5.74) is 1.18. The summed E-state index contributed by atoms with van der Waals surface area (Å²) in [6.07, 6.45) is 0.298. The molecular formula is C11H14ClNO2. The van der Waals surface area contributed by atoms with E-state index in [-0.39, 0.29) is 12.1 Å². The zero-order chi connectivity index (χ0) is 11.1. The summed E-state index contributed by atoms with van der Waals surface area (Å²) in [5, 5.41) is 2.68. The van der Waals surface area contributed by atoms with E-state index >= 15 is 0 Å². The lowest BCUT2D eigenvalue weighted by molar-refractivity contribution is 0.161. The van der Waals surface area contributed by atoms with Crippen LogP contribution in [0.25, 0.3) is 0 Å². The van der Waals surface area contributed by atoms with Gasteiger partial charge < -0.3 is 10.1 Å². The van der Waals surface area contributed by atoms with Crippen molar-refractivity contribution < 1.29 is 9.53 Å². The van der Waals surface area contributed by atoms with Crippen LogP contribution in [-0.2, 0) is 11.2 Å². The molecule has 0 unspecified atom stereocenters. The summed E-state index contributed by atoms with van der Waals surface area (Å²) in [6, 6.07) is 9.85. The molecule has 0 aliphatic rings. The number of ether oxygens (including phenoxy) is 1. The van der Waals surface area contributed by atoms with Gasteiger partial charge in [0.2, 0.25) is 0 Å². The van der Waals surface area contributed by atoms with E-state index in [0.29, 0.717) is 0 Å². The molecule has 1 aromatic carbocycles. The van der Waals surface area contributed by atoms with E-state index in [1.165, 1.54) is 5.56 Å². The molecule has 3 nitrogen and oxygen atoms in total. The predicted molar refractivity (Wildman–Crippen MR) is 59.9 cm³/mol. The van der Waals surface area contributed by atoms with Gasteiger partial charge in [0.15, 0.2) is 6.07 Å². The van der Waals surface area contributed by atoms with Gasteiger partial charge >= 0.3 is 6.09 Å². The van der Waals surface area contributed by atoms with Gasteiger partial charge in [-0.05, 0) is 18.9 Å². The third-order valence-electron chi connectivity index (χ3n) is 1.93. The molecule has 1 atom stereocenters. The standard InChI is InChI=1S/C11H14ClNO2/c1-9(13-11(14)15-8-12)7-10-5-3-2-4-6-10/h2-6,9H,7-8H2,1H3,(H,13,14)/t9-/m0/s1. The molecule has 82 valence electrons. The van der Waals surface area contributed by atoms with Crippen molar-refractivity contribution >= 4 is 17.7 Å². The zero-order valence-electron chi connectivity index (χ0n) is 8.57. The second kappa shape index (κ2) is 6.30. The SMILES string of the molecule is C[C@@H](Cc1ccccc1)NC(=O)OCCl. The summed E-state index contributed by atoms with van der Waals surface area (Å²) in [6.45, 7) is 1.92. The number of carbonyl (C=O) groups excluding carboxylic acids is 1. The van der Waals surface area contributed by atoms with Crippen LogP contribution in [-0.4, -0.2) is 18.2 Å². The minimum Gasteiger partial charge on any atom is -0.433 e. The van der Waals surface area contributed by atoms with Crippen LogP contribution in [0.15, 0.2) is 30.3 Å². The average Bonchev–Trinajstić information content (AvgIpc) is 2.19. The molecule has 0 fully saturated rings. The molecule has 0 heterocycles. The molecule has 0 aliphatic carbocycles. The van der Waals surface area contributed by atoms with Gasteiger partial charge in [-0.1, -0.05) is 41.9 Å². The number of carbonyl (C=O) groups is 1. The van der Waals surface area contributed by atoms with Crippen LogP contribution in [0.2, 0.25) is 0 Å². The zero-order valence-corrected chi connectivity index (χ0v) is 9.33. The largest absolute Gasteiger partial charge is 0.433 e. The Morgan fingerprint density at radius 1 is 1.47 bits per heavy atom. The number of hydrogen-bond donors (Lipinski definition) is 1. The number of nitrogens with one attached hydrogen (secondary N) is 1. The molecule has 0 aromatic heterocycles. The highest BCUT2D eigenvalue weighted by atomic mass is 35.5. The molecule has 0 saturated carbocycles. The van der Waals surface area contributed by atoms with Crippen LogP contribution in [0.1, 0.15) is 12.5 Å². The second-order valence-corrected chi connectivity index (χ2v) is 3.49. The summed E-state index contributed by atoms with van der Waals surface area (Å²) >= 11 is 5.26. The first-order chi connectivity index (χ1) is 7.22. The van der Waals surface area contributed by atoms with Crippen molar-refractivity contribution in [3.05, 3.63) is 35.9 Å². The van der Waals surface area contributed by atoms with Crippen molar-refractivity contribution in [2.75, 3.05) is 6.07 Å². The maximum absolute atomic E-state index is 11.0. The minimum absolute atomic E-state index is 0.0307. The molecule has 0 bridgehead atoms. The van der Waals surface area contributed by atoms with Crippen LogP contribution in [0.4, 0.5) is 4.79 Å². The summed E-state index contributed by atoms with van der Waals surface area (Å²) in [4.78, 5) is 11.0. The first-order valence-corrected chi connectivity index (χ1v) is 5.29. The van der Waals surface area contributed by atoms with Gasteiger partial charge in [0, 0.05) is 6.04 Å². The minimum atomic E-state index is -0.478. The molecule has 0 radical (unpaired) electrons. The highest BCUT2D eigenvalue weighted by Gasteiger charge is 2.07. The van der Waals surface area contributed by atoms with Crippen molar-refractivity contribution in [3.63, 3.8) is 0 Å². The molecule has 1 amide bonds. The van der Waals surface area contributed by atoms with Crippen LogP contribution in [0.5, 0.6) is 0 Å². The van der Waals surface area contributed by atoms with E-state index in [2.05, 4.69) is 10.1 Å². The van der Waals surface area contributed by atoms with Gasteiger partial charge in [0.05, 0.1) is 0 Å². The van der Waals surface area contributed by atoms with Crippen molar-refractivity contribution in [2.45, 2.75) is 19.4 Å². The third kappa shape index (κ3) is 4.70. The van der Waals surface area contributed by atoms with E-state index in [0.717, 1.165) is 6.42 Å². The average molecular weight is 228 g/mol. The predicted octanol–water partition coefficient (Wildman–Crippen LogP) is 2.54. The number of amides is 1. The molecule has 0 aliphatic heterocycles. The van der Waals surface area contributed by atoms with Crippen LogP contribution >= 0.6 is 11.6 Å². The van der Waals surface area contributed by atoms with Gasteiger partial charge in [0.25, 0.3) is 0 Å². The topological polar surface area (TPSA) is 38.3 Å². The molecule has 15 heavy (non-hydrogen) atoms. The molecular weight excluding hydrogens is 214 g/mol. The summed E-state index contributed by atoms with van der Waals surface area (Å²) in [5.74, 6) is 0. The second-order valence-electron chi connectivity index (χ2n) is 3.28. The molecule has 1 rings (SSSR count).